The monoisotopic (exact) mass is 399 g/mol. The van der Waals surface area contributed by atoms with Crippen LogP contribution in [0.3, 0.4) is 0 Å². The van der Waals surface area contributed by atoms with Gasteiger partial charge in [-0.1, -0.05) is 12.1 Å². The zero-order valence-corrected chi connectivity index (χ0v) is 16.9. The highest BCUT2D eigenvalue weighted by molar-refractivity contribution is 5.81. The molecule has 0 saturated carbocycles. The van der Waals surface area contributed by atoms with Crippen LogP contribution in [0.25, 0.3) is 0 Å². The third kappa shape index (κ3) is 7.29. The van der Waals surface area contributed by atoms with Crippen molar-refractivity contribution in [1.29, 1.82) is 0 Å². The maximum absolute atomic E-state index is 12.0. The fourth-order valence-corrected chi connectivity index (χ4v) is 2.47. The molecule has 0 bridgehead atoms. The Morgan fingerprint density at radius 1 is 1.00 bits per heavy atom. The Kier molecular flexibility index (Phi) is 7.36. The quantitative estimate of drug-likeness (QED) is 0.561. The summed E-state index contributed by atoms with van der Waals surface area (Å²) in [5, 5.41) is 2.54. The van der Waals surface area contributed by atoms with Crippen molar-refractivity contribution in [3.63, 3.8) is 0 Å². The zero-order chi connectivity index (χ0) is 21.4. The van der Waals surface area contributed by atoms with E-state index in [4.69, 9.17) is 14.2 Å². The minimum absolute atomic E-state index is 0.236. The Labute approximate surface area is 170 Å². The van der Waals surface area contributed by atoms with Gasteiger partial charge in [0.2, 0.25) is 0 Å². The van der Waals surface area contributed by atoms with E-state index in [1.807, 2.05) is 0 Å². The molecule has 2 aromatic carbocycles. The summed E-state index contributed by atoms with van der Waals surface area (Å²) >= 11 is 0. The molecule has 154 valence electrons. The van der Waals surface area contributed by atoms with E-state index in [2.05, 4.69) is 5.32 Å². The van der Waals surface area contributed by atoms with Gasteiger partial charge in [-0.3, -0.25) is 4.79 Å². The minimum Gasteiger partial charge on any atom is -0.467 e. The highest BCUT2D eigenvalue weighted by Gasteiger charge is 2.25. The van der Waals surface area contributed by atoms with Crippen LogP contribution in [0.4, 0.5) is 4.79 Å². The van der Waals surface area contributed by atoms with Gasteiger partial charge in [0, 0.05) is 12.0 Å². The van der Waals surface area contributed by atoms with Gasteiger partial charge in [0.15, 0.2) is 0 Å². The van der Waals surface area contributed by atoms with E-state index >= 15 is 0 Å². The first-order valence-corrected chi connectivity index (χ1v) is 9.09. The van der Waals surface area contributed by atoms with Crippen LogP contribution in [0, 0.1) is 0 Å². The van der Waals surface area contributed by atoms with Crippen molar-refractivity contribution < 1.29 is 28.6 Å². The maximum atomic E-state index is 12.0. The molecule has 1 atom stereocenters. The maximum Gasteiger partial charge on any atom is 0.408 e. The first-order valence-electron chi connectivity index (χ1n) is 9.09. The molecule has 0 radical (unpaired) electrons. The molecule has 0 heterocycles. The molecule has 0 aliphatic heterocycles. The topological polar surface area (TPSA) is 90.9 Å². The summed E-state index contributed by atoms with van der Waals surface area (Å²) in [4.78, 5) is 34.7. The number of carbonyl (C=O) groups is 3. The lowest BCUT2D eigenvalue weighted by molar-refractivity contribution is -0.143. The number of hydrogen-bond acceptors (Lipinski definition) is 6. The molecule has 0 aliphatic rings. The van der Waals surface area contributed by atoms with Crippen molar-refractivity contribution in [3.8, 4) is 11.5 Å². The van der Waals surface area contributed by atoms with Gasteiger partial charge in [0.05, 0.1) is 7.11 Å². The second-order valence-corrected chi connectivity index (χ2v) is 7.36. The molecule has 0 fully saturated rings. The standard InChI is InChI=1S/C22H25NO6/c1-22(2,3)29-21(26)23-19(20(25)27-4)13-15-5-9-17(10-6-15)28-18-11-7-16(14-24)8-12-18/h5-12,14,19H,13H2,1-4H3,(H,23,26)/t19-/m1/s1. The van der Waals surface area contributed by atoms with Gasteiger partial charge >= 0.3 is 12.1 Å². The van der Waals surface area contributed by atoms with Crippen LogP contribution in [-0.2, 0) is 20.7 Å². The number of rotatable bonds is 7. The van der Waals surface area contributed by atoms with Crippen LogP contribution in [0.1, 0.15) is 36.7 Å². The molecule has 0 unspecified atom stereocenters. The number of hydrogen-bond donors (Lipinski definition) is 1. The van der Waals surface area contributed by atoms with Crippen LogP contribution in [0.2, 0.25) is 0 Å². The molecule has 0 aliphatic carbocycles. The van der Waals surface area contributed by atoms with Gasteiger partial charge in [-0.15, -0.1) is 0 Å². The van der Waals surface area contributed by atoms with Crippen LogP contribution in [0.15, 0.2) is 48.5 Å². The van der Waals surface area contributed by atoms with Crippen molar-refractivity contribution in [2.75, 3.05) is 7.11 Å². The van der Waals surface area contributed by atoms with Gasteiger partial charge in [0.1, 0.15) is 29.4 Å². The lowest BCUT2D eigenvalue weighted by atomic mass is 10.1. The van der Waals surface area contributed by atoms with Crippen molar-refractivity contribution in [2.45, 2.75) is 38.8 Å². The van der Waals surface area contributed by atoms with Gasteiger partial charge in [-0.05, 0) is 62.7 Å². The largest absolute Gasteiger partial charge is 0.467 e. The summed E-state index contributed by atoms with van der Waals surface area (Å²) in [6.07, 6.45) is 0.314. The van der Waals surface area contributed by atoms with Gasteiger partial charge in [-0.25, -0.2) is 9.59 Å². The highest BCUT2D eigenvalue weighted by atomic mass is 16.6. The first kappa shape index (κ1) is 21.9. The number of benzene rings is 2. The van der Waals surface area contributed by atoms with Crippen molar-refractivity contribution >= 4 is 18.3 Å². The number of amides is 1. The van der Waals surface area contributed by atoms with Crippen LogP contribution < -0.4 is 10.1 Å². The minimum atomic E-state index is -0.877. The molecule has 29 heavy (non-hydrogen) atoms. The fraction of sp³-hybridized carbons (Fsp3) is 0.318. The molecule has 2 aromatic rings. The van der Waals surface area contributed by atoms with E-state index in [9.17, 15) is 14.4 Å². The van der Waals surface area contributed by atoms with E-state index in [0.717, 1.165) is 11.8 Å². The number of alkyl carbamates (subject to hydrolysis) is 1. The van der Waals surface area contributed by atoms with Crippen molar-refractivity contribution in [1.82, 2.24) is 5.32 Å². The normalized spacial score (nSPS) is 11.9. The SMILES string of the molecule is COC(=O)[C@@H](Cc1ccc(Oc2ccc(C=O)cc2)cc1)NC(=O)OC(C)(C)C. The van der Waals surface area contributed by atoms with Crippen LogP contribution >= 0.6 is 0 Å². The number of ether oxygens (including phenoxy) is 3. The van der Waals surface area contributed by atoms with Crippen LogP contribution in [0.5, 0.6) is 11.5 Å². The van der Waals surface area contributed by atoms with E-state index in [1.165, 1.54) is 7.11 Å². The van der Waals surface area contributed by atoms with E-state index in [1.54, 1.807) is 69.3 Å². The van der Waals surface area contributed by atoms with Gasteiger partial charge in [0.25, 0.3) is 0 Å². The van der Waals surface area contributed by atoms with E-state index < -0.39 is 23.7 Å². The fourth-order valence-electron chi connectivity index (χ4n) is 2.47. The summed E-state index contributed by atoms with van der Waals surface area (Å²) in [5.74, 6) is 0.635. The molecule has 7 nitrogen and oxygen atoms in total. The molecule has 1 amide bonds. The lowest BCUT2D eigenvalue weighted by Gasteiger charge is -2.22. The van der Waals surface area contributed by atoms with E-state index in [0.29, 0.717) is 17.1 Å². The molecular formula is C22H25NO6. The average Bonchev–Trinajstić information content (AvgIpc) is 2.67. The molecule has 7 heteroatoms. The van der Waals surface area contributed by atoms with Crippen LogP contribution in [-0.4, -0.2) is 37.1 Å². The highest BCUT2D eigenvalue weighted by Crippen LogP contribution is 2.22. The number of methoxy groups -OCH3 is 1. The molecule has 0 saturated heterocycles. The number of aldehydes is 1. The molecular weight excluding hydrogens is 374 g/mol. The molecule has 0 aromatic heterocycles. The number of esters is 1. The second kappa shape index (κ2) is 9.73. The Hall–Kier alpha value is -3.35. The first-order chi connectivity index (χ1) is 13.7. The smallest absolute Gasteiger partial charge is 0.408 e. The third-order valence-electron chi connectivity index (χ3n) is 3.79. The third-order valence-corrected chi connectivity index (χ3v) is 3.79. The second-order valence-electron chi connectivity index (χ2n) is 7.36. The van der Waals surface area contributed by atoms with E-state index in [-0.39, 0.29) is 6.42 Å². The van der Waals surface area contributed by atoms with Gasteiger partial charge < -0.3 is 19.5 Å². The average molecular weight is 399 g/mol. The summed E-state index contributed by atoms with van der Waals surface area (Å²) in [7, 11) is 1.26. The lowest BCUT2D eigenvalue weighted by Crippen LogP contribution is -2.45. The summed E-state index contributed by atoms with van der Waals surface area (Å²) < 4.78 is 15.7. The van der Waals surface area contributed by atoms with Crippen molar-refractivity contribution in [3.05, 3.63) is 59.7 Å². The molecule has 2 rings (SSSR count). The summed E-state index contributed by atoms with van der Waals surface area (Å²) in [6.45, 7) is 5.22. The van der Waals surface area contributed by atoms with Gasteiger partial charge in [-0.2, -0.15) is 0 Å². The van der Waals surface area contributed by atoms with Crippen molar-refractivity contribution in [2.24, 2.45) is 0 Å². The predicted molar refractivity (Wildman–Crippen MR) is 107 cm³/mol. The molecule has 1 N–H and O–H groups in total. The number of nitrogens with one attached hydrogen (secondary N) is 1. The Morgan fingerprint density at radius 3 is 2.03 bits per heavy atom. The summed E-state index contributed by atoms with van der Waals surface area (Å²) in [6, 6.07) is 13.0. The molecule has 0 spiro atoms. The Bertz CT molecular complexity index is 837. The Balaban J connectivity index is 2.02. The summed E-state index contributed by atoms with van der Waals surface area (Å²) in [5.41, 5.74) is 0.701. The Morgan fingerprint density at radius 2 is 1.55 bits per heavy atom. The number of carbonyl (C=O) groups excluding carboxylic acids is 3. The zero-order valence-electron chi connectivity index (χ0n) is 16.9. The predicted octanol–water partition coefficient (Wildman–Crippen LogP) is 3.90.